The van der Waals surface area contributed by atoms with Crippen LogP contribution in [0.3, 0.4) is 0 Å². The maximum absolute atomic E-state index is 12.3. The van der Waals surface area contributed by atoms with Gasteiger partial charge in [-0.1, -0.05) is 41.0 Å². The number of halogens is 2. The summed E-state index contributed by atoms with van der Waals surface area (Å²) in [5.74, 6) is 0.385. The molecule has 0 spiro atoms. The Bertz CT molecular complexity index is 872. The molecule has 1 amide bonds. The van der Waals surface area contributed by atoms with Crippen molar-refractivity contribution in [1.82, 2.24) is 20.5 Å². The van der Waals surface area contributed by atoms with Gasteiger partial charge in [0.15, 0.2) is 4.34 Å². The number of carbonyl (C=O) groups is 1. The number of nitrogens with zero attached hydrogens (tertiary/aromatic N) is 2. The van der Waals surface area contributed by atoms with Gasteiger partial charge in [-0.25, -0.2) is 4.98 Å². The normalized spacial score (nSPS) is 19.5. The van der Waals surface area contributed by atoms with Gasteiger partial charge in [0.2, 0.25) is 5.91 Å². The number of rotatable bonds is 7. The predicted octanol–water partition coefficient (Wildman–Crippen LogP) is 3.20. The summed E-state index contributed by atoms with van der Waals surface area (Å²) in [6.07, 6.45) is 0.949. The van der Waals surface area contributed by atoms with Crippen LogP contribution in [-0.4, -0.2) is 60.4 Å². The van der Waals surface area contributed by atoms with Crippen LogP contribution in [0.15, 0.2) is 22.5 Å². The van der Waals surface area contributed by atoms with Gasteiger partial charge in [-0.15, -0.1) is 11.3 Å². The van der Waals surface area contributed by atoms with Crippen LogP contribution in [-0.2, 0) is 29.0 Å². The van der Waals surface area contributed by atoms with E-state index in [4.69, 9.17) is 27.9 Å². The van der Waals surface area contributed by atoms with Gasteiger partial charge in [-0.3, -0.25) is 9.69 Å². The number of benzene rings is 1. The molecule has 0 aliphatic carbocycles. The van der Waals surface area contributed by atoms with E-state index < -0.39 is 0 Å². The van der Waals surface area contributed by atoms with E-state index in [1.54, 1.807) is 11.3 Å². The molecular formula is C20H24Cl2N4O2S2. The fourth-order valence-electron chi connectivity index (χ4n) is 3.51. The van der Waals surface area contributed by atoms with E-state index >= 15 is 0 Å². The van der Waals surface area contributed by atoms with Crippen molar-refractivity contribution in [1.29, 1.82) is 0 Å². The molecule has 0 unspecified atom stereocenters. The molecule has 1 saturated heterocycles. The van der Waals surface area contributed by atoms with Crippen molar-refractivity contribution in [2.24, 2.45) is 0 Å². The molecule has 2 N–H and O–H groups in total. The molecule has 30 heavy (non-hydrogen) atoms. The molecule has 0 bridgehead atoms. The molecule has 1 aromatic carbocycles. The van der Waals surface area contributed by atoms with Gasteiger partial charge in [0, 0.05) is 50.6 Å². The zero-order valence-electron chi connectivity index (χ0n) is 16.5. The van der Waals surface area contributed by atoms with Crippen LogP contribution in [0.1, 0.15) is 16.1 Å². The number of nitrogens with one attached hydrogen (secondary N) is 2. The number of aromatic nitrogens is 1. The van der Waals surface area contributed by atoms with Crippen molar-refractivity contribution < 1.29 is 9.53 Å². The van der Waals surface area contributed by atoms with Crippen molar-refractivity contribution in [3.8, 4) is 0 Å². The van der Waals surface area contributed by atoms with E-state index in [0.29, 0.717) is 28.9 Å². The Morgan fingerprint density at radius 2 is 2.30 bits per heavy atom. The molecule has 4 rings (SSSR count). The zero-order valence-corrected chi connectivity index (χ0v) is 19.6. The molecule has 1 atom stereocenters. The second-order valence-corrected chi connectivity index (χ2v) is 10.5. The Balaban J connectivity index is 1.19. The summed E-state index contributed by atoms with van der Waals surface area (Å²) in [7, 11) is 0. The minimum absolute atomic E-state index is 0.0107. The van der Waals surface area contributed by atoms with Gasteiger partial charge in [0.05, 0.1) is 34.2 Å². The molecule has 2 aliphatic heterocycles. The van der Waals surface area contributed by atoms with Crippen molar-refractivity contribution in [3.63, 3.8) is 0 Å². The maximum Gasteiger partial charge on any atom is 0.230 e. The lowest BCUT2D eigenvalue weighted by molar-refractivity contribution is -0.119. The minimum atomic E-state index is -0.0197. The van der Waals surface area contributed by atoms with Crippen LogP contribution in [0.5, 0.6) is 0 Å². The average Bonchev–Trinajstić information content (AvgIpc) is 3.17. The summed E-state index contributed by atoms with van der Waals surface area (Å²) < 4.78 is 6.80. The molecule has 1 fully saturated rings. The molecule has 10 heteroatoms. The second kappa shape index (κ2) is 10.6. The Morgan fingerprint density at radius 3 is 3.13 bits per heavy atom. The number of thioether (sulfide) groups is 1. The van der Waals surface area contributed by atoms with E-state index in [2.05, 4.69) is 20.5 Å². The molecule has 3 heterocycles. The molecular weight excluding hydrogens is 463 g/mol. The molecule has 1 aromatic heterocycles. The van der Waals surface area contributed by atoms with Gasteiger partial charge < -0.3 is 15.4 Å². The highest BCUT2D eigenvalue weighted by molar-refractivity contribution is 8.01. The average molecular weight is 487 g/mol. The highest BCUT2D eigenvalue weighted by Gasteiger charge is 2.22. The van der Waals surface area contributed by atoms with Crippen LogP contribution >= 0.6 is 46.3 Å². The first-order valence-corrected chi connectivity index (χ1v) is 12.5. The van der Waals surface area contributed by atoms with Crippen LogP contribution in [0.2, 0.25) is 10.0 Å². The first kappa shape index (κ1) is 22.3. The first-order chi connectivity index (χ1) is 14.6. The number of thiazole rings is 1. The maximum atomic E-state index is 12.3. The number of ether oxygens (including phenoxy) is 1. The highest BCUT2D eigenvalue weighted by Crippen LogP contribution is 2.29. The van der Waals surface area contributed by atoms with E-state index in [9.17, 15) is 4.79 Å². The van der Waals surface area contributed by atoms with Crippen LogP contribution < -0.4 is 10.6 Å². The summed E-state index contributed by atoms with van der Waals surface area (Å²) in [4.78, 5) is 20.5. The zero-order chi connectivity index (χ0) is 20.9. The lowest BCUT2D eigenvalue weighted by Crippen LogP contribution is -2.47. The first-order valence-electron chi connectivity index (χ1n) is 9.93. The quantitative estimate of drug-likeness (QED) is 0.585. The summed E-state index contributed by atoms with van der Waals surface area (Å²) in [6, 6.07) is 5.72. The fraction of sp³-hybridized carbons (Fsp3) is 0.500. The number of fused-ring (bicyclic) bond motifs is 1. The molecule has 162 valence electrons. The van der Waals surface area contributed by atoms with Crippen LogP contribution in [0.4, 0.5) is 0 Å². The molecule has 6 nitrogen and oxygen atoms in total. The van der Waals surface area contributed by atoms with Crippen molar-refractivity contribution in [3.05, 3.63) is 44.4 Å². The Hall–Kier alpha value is -0.870. The van der Waals surface area contributed by atoms with E-state index in [-0.39, 0.29) is 12.0 Å². The third-order valence-corrected chi connectivity index (χ3v) is 8.03. The summed E-state index contributed by atoms with van der Waals surface area (Å²) in [5, 5.41) is 7.49. The predicted molar refractivity (Wildman–Crippen MR) is 123 cm³/mol. The summed E-state index contributed by atoms with van der Waals surface area (Å²) >= 11 is 15.3. The fourth-order valence-corrected chi connectivity index (χ4v) is 5.89. The molecule has 2 aliphatic rings. The van der Waals surface area contributed by atoms with Crippen LogP contribution in [0, 0.1) is 0 Å². The van der Waals surface area contributed by atoms with Crippen LogP contribution in [0.25, 0.3) is 0 Å². The Kier molecular flexibility index (Phi) is 7.91. The standard InChI is InChI=1S/C20H24Cl2N4O2S2/c21-15-2-1-13(7-16(15)22)10-26-5-6-28-14(11-26)8-24-19(27)12-29-20-25-17-3-4-23-9-18(17)30-20/h1-2,7,14,23H,3-6,8-12H2,(H,24,27)/t14-/m0/s1. The second-order valence-electron chi connectivity index (χ2n) is 7.35. The van der Waals surface area contributed by atoms with Gasteiger partial charge in [0.25, 0.3) is 0 Å². The van der Waals surface area contributed by atoms with E-state index in [0.717, 1.165) is 49.0 Å². The topological polar surface area (TPSA) is 66.5 Å². The van der Waals surface area contributed by atoms with Crippen molar-refractivity contribution in [2.75, 3.05) is 38.5 Å². The van der Waals surface area contributed by atoms with Crippen molar-refractivity contribution >= 4 is 52.2 Å². The van der Waals surface area contributed by atoms with Gasteiger partial charge in [-0.2, -0.15) is 0 Å². The highest BCUT2D eigenvalue weighted by atomic mass is 35.5. The SMILES string of the molecule is O=C(CSc1nc2c(s1)CNCC2)NC[C@H]1CN(Cc2ccc(Cl)c(Cl)c2)CCO1. The van der Waals surface area contributed by atoms with E-state index in [1.165, 1.54) is 22.3 Å². The summed E-state index contributed by atoms with van der Waals surface area (Å²) in [5.41, 5.74) is 2.30. The smallest absolute Gasteiger partial charge is 0.230 e. The summed E-state index contributed by atoms with van der Waals surface area (Å²) in [6.45, 7) is 5.42. The number of morpholine rings is 1. The Labute approximate surface area is 194 Å². The van der Waals surface area contributed by atoms with Gasteiger partial charge >= 0.3 is 0 Å². The number of amides is 1. The molecule has 0 radical (unpaired) electrons. The minimum Gasteiger partial charge on any atom is -0.374 e. The Morgan fingerprint density at radius 1 is 1.40 bits per heavy atom. The van der Waals surface area contributed by atoms with Gasteiger partial charge in [0.1, 0.15) is 0 Å². The molecule has 0 saturated carbocycles. The number of carbonyl (C=O) groups excluding carboxylic acids is 1. The van der Waals surface area contributed by atoms with E-state index in [1.807, 2.05) is 18.2 Å². The van der Waals surface area contributed by atoms with Gasteiger partial charge in [-0.05, 0) is 17.7 Å². The third kappa shape index (κ3) is 6.09. The lowest BCUT2D eigenvalue weighted by Gasteiger charge is -2.33. The largest absolute Gasteiger partial charge is 0.374 e. The lowest BCUT2D eigenvalue weighted by atomic mass is 10.2. The molecule has 2 aromatic rings. The van der Waals surface area contributed by atoms with Crippen molar-refractivity contribution in [2.45, 2.75) is 30.0 Å². The number of hydrogen-bond donors (Lipinski definition) is 2. The third-order valence-electron chi connectivity index (χ3n) is 5.05. The monoisotopic (exact) mass is 486 g/mol. The number of hydrogen-bond acceptors (Lipinski definition) is 7.